The fourth-order valence-corrected chi connectivity index (χ4v) is 1.18. The van der Waals surface area contributed by atoms with E-state index in [0.29, 0.717) is 0 Å². The molecule has 0 aliphatic rings. The maximum atomic E-state index is 10.2. The Morgan fingerprint density at radius 1 is 1.38 bits per heavy atom. The van der Waals surface area contributed by atoms with Gasteiger partial charge in [-0.25, -0.2) is 0 Å². The first kappa shape index (κ1) is 12.4. The van der Waals surface area contributed by atoms with Gasteiger partial charge in [-0.2, -0.15) is 0 Å². The molecule has 0 aliphatic heterocycles. The maximum Gasteiger partial charge on any atom is 0.317 e. The first-order chi connectivity index (χ1) is 6.20. The van der Waals surface area contributed by atoms with Crippen LogP contribution in [0.25, 0.3) is 0 Å². The zero-order valence-corrected chi connectivity index (χ0v) is 8.55. The van der Waals surface area contributed by atoms with Crippen LogP contribution in [-0.2, 0) is 4.79 Å². The summed E-state index contributed by atoms with van der Waals surface area (Å²) in [6.07, 6.45) is 1.15. The number of carbonyl (C=O) groups is 1. The van der Waals surface area contributed by atoms with E-state index < -0.39 is 5.97 Å². The third kappa shape index (κ3) is 7.74. The Hall–Kier alpha value is -0.610. The third-order valence-corrected chi connectivity index (χ3v) is 1.87. The Bertz CT molecular complexity index is 140. The number of nitrogens with zero attached hydrogens (tertiary/aromatic N) is 1. The molecule has 0 aromatic heterocycles. The van der Waals surface area contributed by atoms with Gasteiger partial charge < -0.3 is 15.3 Å². The van der Waals surface area contributed by atoms with E-state index in [2.05, 4.69) is 24.1 Å². The molecule has 0 heterocycles. The van der Waals surface area contributed by atoms with Gasteiger partial charge in [-0.1, -0.05) is 13.8 Å². The molecule has 0 aliphatic carbocycles. The molecule has 0 radical (unpaired) electrons. The zero-order chi connectivity index (χ0) is 10.1. The highest BCUT2D eigenvalue weighted by atomic mass is 16.4. The third-order valence-electron chi connectivity index (χ3n) is 1.87. The molecule has 0 amide bonds. The van der Waals surface area contributed by atoms with Gasteiger partial charge in [0.25, 0.3) is 0 Å². The SMILES string of the molecule is CCCN(CC)CCNCC(=O)O. The normalized spacial score (nSPS) is 10.7. The van der Waals surface area contributed by atoms with Gasteiger partial charge in [-0.05, 0) is 19.5 Å². The minimum absolute atomic E-state index is 0.0592. The van der Waals surface area contributed by atoms with Gasteiger partial charge in [0.15, 0.2) is 0 Å². The van der Waals surface area contributed by atoms with E-state index >= 15 is 0 Å². The van der Waals surface area contributed by atoms with Gasteiger partial charge >= 0.3 is 5.97 Å². The van der Waals surface area contributed by atoms with Gasteiger partial charge in [0, 0.05) is 13.1 Å². The van der Waals surface area contributed by atoms with Crippen LogP contribution in [0.15, 0.2) is 0 Å². The summed E-state index contributed by atoms with van der Waals surface area (Å²) < 4.78 is 0. The number of nitrogens with one attached hydrogen (secondary N) is 1. The molecule has 4 nitrogen and oxygen atoms in total. The summed E-state index contributed by atoms with van der Waals surface area (Å²) in [5.41, 5.74) is 0. The van der Waals surface area contributed by atoms with Crippen molar-refractivity contribution in [1.29, 1.82) is 0 Å². The first-order valence-electron chi connectivity index (χ1n) is 4.85. The standard InChI is InChI=1S/C9H20N2O2/c1-3-6-11(4-2)7-5-10-8-9(12)13/h10H,3-8H2,1-2H3,(H,12,13). The molecular formula is C9H20N2O2. The van der Waals surface area contributed by atoms with Gasteiger partial charge in [0.05, 0.1) is 6.54 Å². The van der Waals surface area contributed by atoms with Crippen LogP contribution in [0, 0.1) is 0 Å². The lowest BCUT2D eigenvalue weighted by atomic mass is 10.4. The number of aliphatic carboxylic acids is 1. The van der Waals surface area contributed by atoms with Crippen LogP contribution < -0.4 is 5.32 Å². The number of hydrogen-bond donors (Lipinski definition) is 2. The minimum atomic E-state index is -0.793. The van der Waals surface area contributed by atoms with E-state index in [9.17, 15) is 4.79 Å². The number of rotatable bonds is 8. The van der Waals surface area contributed by atoms with Gasteiger partial charge in [0.2, 0.25) is 0 Å². The fourth-order valence-electron chi connectivity index (χ4n) is 1.18. The van der Waals surface area contributed by atoms with Crippen LogP contribution in [0.3, 0.4) is 0 Å². The summed E-state index contributed by atoms with van der Waals surface area (Å²) in [7, 11) is 0. The van der Waals surface area contributed by atoms with Crippen molar-refractivity contribution in [3.63, 3.8) is 0 Å². The molecule has 0 aromatic carbocycles. The van der Waals surface area contributed by atoms with Gasteiger partial charge in [-0.3, -0.25) is 4.79 Å². The highest BCUT2D eigenvalue weighted by molar-refractivity contribution is 5.68. The van der Waals surface area contributed by atoms with Crippen LogP contribution in [0.1, 0.15) is 20.3 Å². The summed E-state index contributed by atoms with van der Waals surface area (Å²) in [6.45, 7) is 8.12. The van der Waals surface area contributed by atoms with Crippen molar-refractivity contribution < 1.29 is 9.90 Å². The van der Waals surface area contributed by atoms with Crippen LogP contribution in [0.5, 0.6) is 0 Å². The van der Waals surface area contributed by atoms with Gasteiger partial charge in [-0.15, -0.1) is 0 Å². The topological polar surface area (TPSA) is 52.6 Å². The molecule has 2 N–H and O–H groups in total. The summed E-state index contributed by atoms with van der Waals surface area (Å²) in [4.78, 5) is 12.5. The average Bonchev–Trinajstić information content (AvgIpc) is 2.10. The first-order valence-corrected chi connectivity index (χ1v) is 4.85. The number of carboxylic acid groups (broad SMARTS) is 1. The Kier molecular flexibility index (Phi) is 7.63. The highest BCUT2D eigenvalue weighted by Gasteiger charge is 2.00. The average molecular weight is 188 g/mol. The van der Waals surface area contributed by atoms with Crippen molar-refractivity contribution in [1.82, 2.24) is 10.2 Å². The lowest BCUT2D eigenvalue weighted by Crippen LogP contribution is -2.34. The molecule has 0 aromatic rings. The van der Waals surface area contributed by atoms with Crippen LogP contribution in [0.2, 0.25) is 0 Å². The lowest BCUT2D eigenvalue weighted by Gasteiger charge is -2.19. The minimum Gasteiger partial charge on any atom is -0.480 e. The van der Waals surface area contributed by atoms with Crippen LogP contribution in [0.4, 0.5) is 0 Å². The predicted molar refractivity (Wildman–Crippen MR) is 52.9 cm³/mol. The van der Waals surface area contributed by atoms with Crippen molar-refractivity contribution >= 4 is 5.97 Å². The summed E-state index contributed by atoms with van der Waals surface area (Å²) in [6, 6.07) is 0. The monoisotopic (exact) mass is 188 g/mol. The van der Waals surface area contributed by atoms with Crippen molar-refractivity contribution in [3.05, 3.63) is 0 Å². The predicted octanol–water partition coefficient (Wildman–Crippen LogP) is 0.393. The molecule has 0 spiro atoms. The van der Waals surface area contributed by atoms with Crippen molar-refractivity contribution in [2.45, 2.75) is 20.3 Å². The fraction of sp³-hybridized carbons (Fsp3) is 0.889. The lowest BCUT2D eigenvalue weighted by molar-refractivity contribution is -0.135. The second kappa shape index (κ2) is 8.01. The van der Waals surface area contributed by atoms with E-state index in [1.165, 1.54) is 0 Å². The number of likely N-dealkylation sites (N-methyl/N-ethyl adjacent to an activating group) is 1. The van der Waals surface area contributed by atoms with Crippen molar-refractivity contribution in [2.75, 3.05) is 32.7 Å². The zero-order valence-electron chi connectivity index (χ0n) is 8.55. The molecule has 0 atom stereocenters. The van der Waals surface area contributed by atoms with E-state index in [0.717, 1.165) is 32.6 Å². The van der Waals surface area contributed by atoms with Crippen LogP contribution >= 0.6 is 0 Å². The molecule has 4 heteroatoms. The quantitative estimate of drug-likeness (QED) is 0.541. The molecule has 0 fully saturated rings. The molecule has 0 bridgehead atoms. The molecule has 13 heavy (non-hydrogen) atoms. The summed E-state index contributed by atoms with van der Waals surface area (Å²) in [5.74, 6) is -0.793. The molecule has 0 saturated heterocycles. The maximum absolute atomic E-state index is 10.2. The smallest absolute Gasteiger partial charge is 0.317 e. The molecule has 0 rings (SSSR count). The Labute approximate surface area is 79.9 Å². The van der Waals surface area contributed by atoms with Gasteiger partial charge in [0.1, 0.15) is 0 Å². The summed E-state index contributed by atoms with van der Waals surface area (Å²) >= 11 is 0. The largest absolute Gasteiger partial charge is 0.480 e. The Balaban J connectivity index is 3.32. The number of hydrogen-bond acceptors (Lipinski definition) is 3. The van der Waals surface area contributed by atoms with Crippen molar-refractivity contribution in [3.8, 4) is 0 Å². The van der Waals surface area contributed by atoms with E-state index in [-0.39, 0.29) is 6.54 Å². The van der Waals surface area contributed by atoms with Crippen LogP contribution in [-0.4, -0.2) is 48.7 Å². The summed E-state index contributed by atoms with van der Waals surface area (Å²) in [5, 5.41) is 11.2. The molecule has 78 valence electrons. The second-order valence-corrected chi connectivity index (χ2v) is 3.00. The van der Waals surface area contributed by atoms with E-state index in [1.54, 1.807) is 0 Å². The number of carboxylic acids is 1. The Morgan fingerprint density at radius 2 is 2.08 bits per heavy atom. The molecular weight excluding hydrogens is 168 g/mol. The highest BCUT2D eigenvalue weighted by Crippen LogP contribution is 1.88. The second-order valence-electron chi connectivity index (χ2n) is 3.00. The molecule has 0 unspecified atom stereocenters. The van der Waals surface area contributed by atoms with E-state index in [1.807, 2.05) is 0 Å². The molecule has 0 saturated carbocycles. The Morgan fingerprint density at radius 3 is 2.54 bits per heavy atom. The van der Waals surface area contributed by atoms with E-state index in [4.69, 9.17) is 5.11 Å². The van der Waals surface area contributed by atoms with Crippen molar-refractivity contribution in [2.24, 2.45) is 0 Å².